The van der Waals surface area contributed by atoms with Crippen LogP contribution in [-0.4, -0.2) is 0 Å². The van der Waals surface area contributed by atoms with Gasteiger partial charge in [-0.2, -0.15) is 0 Å². The van der Waals surface area contributed by atoms with Crippen LogP contribution in [0.5, 0.6) is 0 Å². The molecule has 212 valence electrons. The van der Waals surface area contributed by atoms with Gasteiger partial charge in [-0.1, -0.05) is 137 Å². The van der Waals surface area contributed by atoms with Crippen LogP contribution in [0.15, 0.2) is 114 Å². The van der Waals surface area contributed by atoms with E-state index in [1.54, 1.807) is 5.57 Å². The molecule has 0 bridgehead atoms. The summed E-state index contributed by atoms with van der Waals surface area (Å²) >= 11 is 0. The van der Waals surface area contributed by atoms with Crippen LogP contribution in [0.4, 0.5) is 0 Å². The number of allylic oxidation sites excluding steroid dienone is 11. The second kappa shape index (κ2) is 12.2. The largest absolute Gasteiger partial charge is 0.0995 e. The standard InChI is InChI=1S/C41H48/c1-9-14-27(6)39-28(7)21-35-25-34(29(8)40(35)41(39)37-16-13-12-15-32(37)11-3)23-31-17-19-33(22-31)36-20-18-30(10-2)24-38(36)26(4)5/h12-13,15-21,23-24,28,39-41H,4,6,8-11,14,22,25H2,1-3,5,7H3. The molecule has 0 heterocycles. The summed E-state index contributed by atoms with van der Waals surface area (Å²) in [6, 6.07) is 16.0. The maximum atomic E-state index is 4.80. The Morgan fingerprint density at radius 2 is 1.76 bits per heavy atom. The Labute approximate surface area is 249 Å². The van der Waals surface area contributed by atoms with Gasteiger partial charge in [0.1, 0.15) is 0 Å². The molecule has 0 N–H and O–H groups in total. The molecule has 4 atom stereocenters. The molecule has 3 aliphatic carbocycles. The number of fused-ring (bicyclic) bond motifs is 1. The van der Waals surface area contributed by atoms with Gasteiger partial charge in [-0.15, -0.1) is 0 Å². The first kappa shape index (κ1) is 29.1. The molecule has 5 rings (SSSR count). The third-order valence-electron chi connectivity index (χ3n) is 9.76. The van der Waals surface area contributed by atoms with E-state index in [0.717, 1.165) is 44.1 Å². The van der Waals surface area contributed by atoms with Crippen molar-refractivity contribution in [2.24, 2.45) is 17.8 Å². The molecule has 1 fully saturated rings. The number of aryl methyl sites for hydroxylation is 2. The van der Waals surface area contributed by atoms with Crippen LogP contribution in [0, 0.1) is 17.8 Å². The second-order valence-electron chi connectivity index (χ2n) is 12.6. The molecule has 0 aromatic heterocycles. The maximum absolute atomic E-state index is 4.80. The van der Waals surface area contributed by atoms with Crippen LogP contribution in [0.2, 0.25) is 0 Å². The fourth-order valence-electron chi connectivity index (χ4n) is 7.76. The minimum absolute atomic E-state index is 0.356. The normalized spacial score (nSPS) is 24.7. The lowest BCUT2D eigenvalue weighted by Crippen LogP contribution is -2.32. The molecule has 2 aromatic carbocycles. The predicted molar refractivity (Wildman–Crippen MR) is 180 cm³/mol. The molecule has 4 unspecified atom stereocenters. The van der Waals surface area contributed by atoms with Crippen molar-refractivity contribution in [1.29, 1.82) is 0 Å². The van der Waals surface area contributed by atoms with E-state index in [4.69, 9.17) is 6.58 Å². The van der Waals surface area contributed by atoms with E-state index in [1.165, 1.54) is 55.7 Å². The first-order chi connectivity index (χ1) is 19.8. The molecule has 0 saturated heterocycles. The summed E-state index contributed by atoms with van der Waals surface area (Å²) in [5.74, 6) is 1.68. The summed E-state index contributed by atoms with van der Waals surface area (Å²) < 4.78 is 0. The first-order valence-electron chi connectivity index (χ1n) is 15.8. The zero-order valence-electron chi connectivity index (χ0n) is 26.0. The molecule has 41 heavy (non-hydrogen) atoms. The lowest BCUT2D eigenvalue weighted by molar-refractivity contribution is 0.321. The van der Waals surface area contributed by atoms with Crippen LogP contribution in [0.25, 0.3) is 11.1 Å². The van der Waals surface area contributed by atoms with Gasteiger partial charge in [0.2, 0.25) is 0 Å². The van der Waals surface area contributed by atoms with Crippen molar-refractivity contribution in [2.75, 3.05) is 0 Å². The van der Waals surface area contributed by atoms with E-state index < -0.39 is 0 Å². The Morgan fingerprint density at radius 3 is 2.46 bits per heavy atom. The Kier molecular flexibility index (Phi) is 8.69. The topological polar surface area (TPSA) is 0 Å². The van der Waals surface area contributed by atoms with E-state index in [9.17, 15) is 0 Å². The summed E-state index contributed by atoms with van der Waals surface area (Å²) in [5.41, 5.74) is 16.6. The van der Waals surface area contributed by atoms with Crippen LogP contribution < -0.4 is 0 Å². The zero-order valence-corrected chi connectivity index (χ0v) is 26.0. The van der Waals surface area contributed by atoms with Crippen LogP contribution in [-0.2, 0) is 12.8 Å². The van der Waals surface area contributed by atoms with Crippen LogP contribution >= 0.6 is 0 Å². The number of benzene rings is 2. The van der Waals surface area contributed by atoms with Gasteiger partial charge in [-0.3, -0.25) is 0 Å². The zero-order chi connectivity index (χ0) is 29.3. The van der Waals surface area contributed by atoms with Crippen LogP contribution in [0.3, 0.4) is 0 Å². The average molecular weight is 541 g/mol. The molecule has 0 heteroatoms. The Hall–Kier alpha value is -3.38. The van der Waals surface area contributed by atoms with E-state index >= 15 is 0 Å². The van der Waals surface area contributed by atoms with Gasteiger partial charge in [0.15, 0.2) is 0 Å². The van der Waals surface area contributed by atoms with E-state index in [-0.39, 0.29) is 0 Å². The lowest BCUT2D eigenvalue weighted by atomic mass is 9.61. The third kappa shape index (κ3) is 5.59. The van der Waals surface area contributed by atoms with Crippen molar-refractivity contribution in [2.45, 2.75) is 79.1 Å². The summed E-state index contributed by atoms with van der Waals surface area (Å²) in [5, 5.41) is 0. The summed E-state index contributed by atoms with van der Waals surface area (Å²) in [6.07, 6.45) is 16.0. The fraction of sp³-hybridized carbons (Fsp3) is 0.366. The average Bonchev–Trinajstić information content (AvgIpc) is 3.56. The van der Waals surface area contributed by atoms with Crippen LogP contribution in [0.1, 0.15) is 94.0 Å². The second-order valence-corrected chi connectivity index (χ2v) is 12.6. The third-order valence-corrected chi connectivity index (χ3v) is 9.76. The molecular formula is C41H48. The molecule has 0 spiro atoms. The maximum Gasteiger partial charge on any atom is 0.0123 e. The van der Waals surface area contributed by atoms with Crippen molar-refractivity contribution >= 4 is 11.1 Å². The highest BCUT2D eigenvalue weighted by molar-refractivity contribution is 5.82. The van der Waals surface area contributed by atoms with Gasteiger partial charge in [-0.25, -0.2) is 0 Å². The highest BCUT2D eigenvalue weighted by Gasteiger charge is 2.45. The molecule has 0 aliphatic heterocycles. The van der Waals surface area contributed by atoms with Crippen molar-refractivity contribution in [3.05, 3.63) is 142 Å². The Bertz CT molecular complexity index is 1500. The number of rotatable bonds is 9. The van der Waals surface area contributed by atoms with E-state index in [1.807, 2.05) is 0 Å². The van der Waals surface area contributed by atoms with Crippen molar-refractivity contribution in [1.82, 2.24) is 0 Å². The van der Waals surface area contributed by atoms with E-state index in [0.29, 0.717) is 23.7 Å². The van der Waals surface area contributed by atoms with Gasteiger partial charge in [0, 0.05) is 11.8 Å². The smallest absolute Gasteiger partial charge is 0.0123 e. The van der Waals surface area contributed by atoms with Crippen molar-refractivity contribution < 1.29 is 0 Å². The molecule has 0 amide bonds. The molecule has 3 aliphatic rings. The number of hydrogen-bond acceptors (Lipinski definition) is 0. The molecular weight excluding hydrogens is 492 g/mol. The number of hydrogen-bond donors (Lipinski definition) is 0. The Morgan fingerprint density at radius 1 is 0.976 bits per heavy atom. The monoisotopic (exact) mass is 540 g/mol. The molecule has 2 aromatic rings. The molecule has 1 saturated carbocycles. The van der Waals surface area contributed by atoms with Gasteiger partial charge in [0.05, 0.1) is 0 Å². The van der Waals surface area contributed by atoms with Gasteiger partial charge in [0.25, 0.3) is 0 Å². The van der Waals surface area contributed by atoms with Gasteiger partial charge in [-0.05, 0) is 101 Å². The van der Waals surface area contributed by atoms with Gasteiger partial charge < -0.3 is 0 Å². The molecule has 0 radical (unpaired) electrons. The SMILES string of the molecule is C=C(C)c1cc(CC)ccc1C1=CC=C(C=C2CC3=CC(C)C(C(=C)CCC)C(c4ccccc4CC)C3C2=C)C1. The Balaban J connectivity index is 1.46. The first-order valence-corrected chi connectivity index (χ1v) is 15.8. The summed E-state index contributed by atoms with van der Waals surface area (Å²) in [6.45, 7) is 25.1. The van der Waals surface area contributed by atoms with E-state index in [2.05, 4.69) is 115 Å². The summed E-state index contributed by atoms with van der Waals surface area (Å²) in [7, 11) is 0. The summed E-state index contributed by atoms with van der Waals surface area (Å²) in [4.78, 5) is 0. The molecule has 0 nitrogen and oxygen atoms in total. The van der Waals surface area contributed by atoms with Crippen molar-refractivity contribution in [3.63, 3.8) is 0 Å². The van der Waals surface area contributed by atoms with Crippen molar-refractivity contribution in [3.8, 4) is 0 Å². The highest BCUT2D eigenvalue weighted by Crippen LogP contribution is 2.57. The van der Waals surface area contributed by atoms with Gasteiger partial charge >= 0.3 is 0 Å². The minimum atomic E-state index is 0.356. The predicted octanol–water partition coefficient (Wildman–Crippen LogP) is 11.4. The minimum Gasteiger partial charge on any atom is -0.0995 e. The highest BCUT2D eigenvalue weighted by atomic mass is 14.5. The lowest BCUT2D eigenvalue weighted by Gasteiger charge is -2.42. The quantitative estimate of drug-likeness (QED) is 0.277. The fourth-order valence-corrected chi connectivity index (χ4v) is 7.76.